The molecule has 0 fully saturated rings. The van der Waals surface area contributed by atoms with E-state index in [4.69, 9.17) is 9.84 Å². The van der Waals surface area contributed by atoms with Crippen molar-refractivity contribution in [2.45, 2.75) is 32.4 Å². The lowest BCUT2D eigenvalue weighted by Crippen LogP contribution is -2.23. The van der Waals surface area contributed by atoms with Gasteiger partial charge in [-0.25, -0.2) is 0 Å². The van der Waals surface area contributed by atoms with Gasteiger partial charge in [0.05, 0.1) is 26.4 Å². The minimum absolute atomic E-state index is 0.0810. The summed E-state index contributed by atoms with van der Waals surface area (Å²) in [5.41, 5.74) is 0. The number of aliphatic hydroxyl groups excluding tert-OH is 1. The number of aromatic nitrogens is 3. The number of aliphatic hydroxyl groups is 1. The molecule has 0 saturated carbocycles. The van der Waals surface area contributed by atoms with Gasteiger partial charge in [-0.2, -0.15) is 0 Å². The quantitative estimate of drug-likeness (QED) is 0.641. The molecule has 0 atom stereocenters. The molecule has 0 unspecified atom stereocenters. The van der Waals surface area contributed by atoms with Crippen molar-refractivity contribution in [3.05, 3.63) is 11.6 Å². The summed E-state index contributed by atoms with van der Waals surface area (Å²) in [6.45, 7) is 3.64. The van der Waals surface area contributed by atoms with E-state index in [0.29, 0.717) is 13.2 Å². The highest BCUT2D eigenvalue weighted by Crippen LogP contribution is 2.13. The van der Waals surface area contributed by atoms with Crippen LogP contribution in [0.1, 0.15) is 24.5 Å². The van der Waals surface area contributed by atoms with E-state index in [0.717, 1.165) is 37.7 Å². The monoisotopic (exact) mass is 240 g/mol. The van der Waals surface area contributed by atoms with Crippen molar-refractivity contribution in [1.29, 1.82) is 0 Å². The number of hydrogen-bond acceptors (Lipinski definition) is 5. The summed E-state index contributed by atoms with van der Waals surface area (Å²) in [5, 5.41) is 20.2. The molecule has 1 aliphatic rings. The van der Waals surface area contributed by atoms with Crippen LogP contribution in [-0.2, 0) is 24.2 Å². The summed E-state index contributed by atoms with van der Waals surface area (Å²) in [5.74, 6) is 2.13. The lowest BCUT2D eigenvalue weighted by molar-refractivity contribution is 0.0937. The molecule has 1 aliphatic heterocycles. The Morgan fingerprint density at radius 1 is 1.29 bits per heavy atom. The number of aryl methyl sites for hydroxylation is 1. The predicted molar refractivity (Wildman–Crippen MR) is 62.6 cm³/mol. The molecule has 0 radical (unpaired) electrons. The molecular formula is C11H20N4O2. The Morgan fingerprint density at radius 3 is 3.12 bits per heavy atom. The molecule has 2 rings (SSSR count). The van der Waals surface area contributed by atoms with Crippen LogP contribution in [0.2, 0.25) is 0 Å². The van der Waals surface area contributed by atoms with Crippen LogP contribution in [0, 0.1) is 0 Å². The van der Waals surface area contributed by atoms with Crippen molar-refractivity contribution in [2.24, 2.45) is 0 Å². The standard InChI is InChI=1S/C11H20N4O2/c16-6-8-17-7-4-12-9-11-14-13-10-3-1-2-5-15(10)11/h12,16H,1-9H2. The van der Waals surface area contributed by atoms with Gasteiger partial charge in [0.2, 0.25) is 0 Å². The molecule has 6 nitrogen and oxygen atoms in total. The maximum Gasteiger partial charge on any atom is 0.147 e. The lowest BCUT2D eigenvalue weighted by atomic mass is 10.2. The Bertz CT molecular complexity index is 340. The highest BCUT2D eigenvalue weighted by molar-refractivity contribution is 4.98. The molecule has 96 valence electrons. The van der Waals surface area contributed by atoms with Crippen LogP contribution in [-0.4, -0.2) is 46.2 Å². The van der Waals surface area contributed by atoms with Crippen LogP contribution in [0.25, 0.3) is 0 Å². The molecule has 17 heavy (non-hydrogen) atoms. The van der Waals surface area contributed by atoms with Gasteiger partial charge in [0.25, 0.3) is 0 Å². The van der Waals surface area contributed by atoms with E-state index >= 15 is 0 Å². The van der Waals surface area contributed by atoms with E-state index in [1.807, 2.05) is 0 Å². The number of nitrogens with zero attached hydrogens (tertiary/aromatic N) is 3. The predicted octanol–water partition coefficient (Wildman–Crippen LogP) is -0.287. The molecule has 0 aromatic carbocycles. The molecule has 0 spiro atoms. The Balaban J connectivity index is 1.70. The second-order valence-electron chi connectivity index (χ2n) is 4.15. The van der Waals surface area contributed by atoms with E-state index in [-0.39, 0.29) is 6.61 Å². The largest absolute Gasteiger partial charge is 0.394 e. The van der Waals surface area contributed by atoms with Crippen molar-refractivity contribution in [3.63, 3.8) is 0 Å². The Hall–Kier alpha value is -0.980. The van der Waals surface area contributed by atoms with Crippen LogP contribution in [0.15, 0.2) is 0 Å². The Morgan fingerprint density at radius 2 is 2.24 bits per heavy atom. The molecular weight excluding hydrogens is 220 g/mol. The van der Waals surface area contributed by atoms with Gasteiger partial charge in [-0.1, -0.05) is 0 Å². The summed E-state index contributed by atoms with van der Waals surface area (Å²) < 4.78 is 7.37. The zero-order valence-electron chi connectivity index (χ0n) is 10.1. The number of rotatable bonds is 7. The minimum atomic E-state index is 0.0810. The third-order valence-corrected chi connectivity index (χ3v) is 2.88. The van der Waals surface area contributed by atoms with Gasteiger partial charge in [0.15, 0.2) is 0 Å². The van der Waals surface area contributed by atoms with E-state index in [2.05, 4.69) is 20.1 Å². The maximum absolute atomic E-state index is 8.54. The molecule has 6 heteroatoms. The molecule has 1 aromatic heterocycles. The zero-order valence-corrected chi connectivity index (χ0v) is 10.1. The highest BCUT2D eigenvalue weighted by Gasteiger charge is 2.14. The van der Waals surface area contributed by atoms with Crippen molar-refractivity contribution >= 4 is 0 Å². The van der Waals surface area contributed by atoms with Gasteiger partial charge >= 0.3 is 0 Å². The lowest BCUT2D eigenvalue weighted by Gasteiger charge is -2.14. The van der Waals surface area contributed by atoms with Crippen LogP contribution in [0.3, 0.4) is 0 Å². The van der Waals surface area contributed by atoms with Crippen LogP contribution in [0.4, 0.5) is 0 Å². The summed E-state index contributed by atoms with van der Waals surface area (Å²) in [6, 6.07) is 0. The van der Waals surface area contributed by atoms with E-state index in [1.54, 1.807) is 0 Å². The van der Waals surface area contributed by atoms with Gasteiger partial charge in [-0.3, -0.25) is 0 Å². The van der Waals surface area contributed by atoms with Gasteiger partial charge in [-0.05, 0) is 12.8 Å². The average Bonchev–Trinajstić information content (AvgIpc) is 2.77. The zero-order chi connectivity index (χ0) is 11.9. The Labute approximate surface area is 101 Å². The normalized spacial score (nSPS) is 14.9. The first kappa shape index (κ1) is 12.5. The third kappa shape index (κ3) is 3.49. The van der Waals surface area contributed by atoms with Crippen LogP contribution >= 0.6 is 0 Å². The molecule has 0 aliphatic carbocycles. The van der Waals surface area contributed by atoms with Gasteiger partial charge in [0.1, 0.15) is 11.6 Å². The SMILES string of the molecule is OCCOCCNCc1nnc2n1CCCC2. The average molecular weight is 240 g/mol. The van der Waals surface area contributed by atoms with E-state index < -0.39 is 0 Å². The fraction of sp³-hybridized carbons (Fsp3) is 0.818. The number of nitrogens with one attached hydrogen (secondary N) is 1. The van der Waals surface area contributed by atoms with Crippen LogP contribution < -0.4 is 5.32 Å². The van der Waals surface area contributed by atoms with E-state index in [1.165, 1.54) is 12.8 Å². The Kier molecular flexibility index (Phi) is 4.90. The molecule has 2 heterocycles. The number of fused-ring (bicyclic) bond motifs is 1. The van der Waals surface area contributed by atoms with Gasteiger partial charge in [0, 0.05) is 19.5 Å². The summed E-state index contributed by atoms with van der Waals surface area (Å²) in [6.07, 6.45) is 3.49. The van der Waals surface area contributed by atoms with Gasteiger partial charge in [-0.15, -0.1) is 10.2 Å². The first-order valence-corrected chi connectivity index (χ1v) is 6.22. The van der Waals surface area contributed by atoms with Crippen LogP contribution in [0.5, 0.6) is 0 Å². The highest BCUT2D eigenvalue weighted by atomic mass is 16.5. The third-order valence-electron chi connectivity index (χ3n) is 2.88. The summed E-state index contributed by atoms with van der Waals surface area (Å²) in [4.78, 5) is 0. The first-order valence-electron chi connectivity index (χ1n) is 6.22. The van der Waals surface area contributed by atoms with Crippen molar-refractivity contribution in [3.8, 4) is 0 Å². The molecule has 0 saturated heterocycles. The second kappa shape index (κ2) is 6.68. The maximum atomic E-state index is 8.54. The van der Waals surface area contributed by atoms with Crippen molar-refractivity contribution < 1.29 is 9.84 Å². The first-order chi connectivity index (χ1) is 8.42. The minimum Gasteiger partial charge on any atom is -0.394 e. The summed E-state index contributed by atoms with van der Waals surface area (Å²) in [7, 11) is 0. The topological polar surface area (TPSA) is 72.2 Å². The molecule has 0 amide bonds. The molecule has 2 N–H and O–H groups in total. The van der Waals surface area contributed by atoms with E-state index in [9.17, 15) is 0 Å². The summed E-state index contributed by atoms with van der Waals surface area (Å²) >= 11 is 0. The van der Waals surface area contributed by atoms with Crippen molar-refractivity contribution in [1.82, 2.24) is 20.1 Å². The number of hydrogen-bond donors (Lipinski definition) is 2. The fourth-order valence-electron chi connectivity index (χ4n) is 2.01. The van der Waals surface area contributed by atoms with Gasteiger partial charge < -0.3 is 19.7 Å². The second-order valence-corrected chi connectivity index (χ2v) is 4.15. The molecule has 0 bridgehead atoms. The molecule has 1 aromatic rings. The van der Waals surface area contributed by atoms with Crippen molar-refractivity contribution in [2.75, 3.05) is 26.4 Å². The number of ether oxygens (including phenoxy) is 1. The smallest absolute Gasteiger partial charge is 0.147 e. The fourth-order valence-corrected chi connectivity index (χ4v) is 2.01.